The number of aryl methyl sites for hydroxylation is 1. The van der Waals surface area contributed by atoms with E-state index < -0.39 is 0 Å². The van der Waals surface area contributed by atoms with Crippen molar-refractivity contribution in [2.75, 3.05) is 29.1 Å². The largest absolute Gasteiger partial charge is 0.372 e. The Balaban J connectivity index is 1.30. The van der Waals surface area contributed by atoms with E-state index in [4.69, 9.17) is 0 Å². The number of aromatic nitrogens is 2. The minimum Gasteiger partial charge on any atom is -0.372 e. The van der Waals surface area contributed by atoms with E-state index in [-0.39, 0.29) is 23.3 Å². The van der Waals surface area contributed by atoms with Gasteiger partial charge in [-0.25, -0.2) is 4.98 Å². The predicted molar refractivity (Wildman–Crippen MR) is 126 cm³/mol. The zero-order valence-electron chi connectivity index (χ0n) is 17.6. The van der Waals surface area contributed by atoms with Crippen LogP contribution in [-0.4, -0.2) is 34.3 Å². The predicted octanol–water partition coefficient (Wildman–Crippen LogP) is 4.37. The molecule has 0 atom stereocenters. The summed E-state index contributed by atoms with van der Waals surface area (Å²) in [5, 5.41) is 4.28. The molecule has 1 N–H and O–H groups in total. The minimum absolute atomic E-state index is 0.00986. The summed E-state index contributed by atoms with van der Waals surface area (Å²) in [6, 6.07) is 13.8. The quantitative estimate of drug-likeness (QED) is 0.461. The van der Waals surface area contributed by atoms with Crippen LogP contribution in [0.3, 0.4) is 0 Å². The number of benzene rings is 2. The molecule has 7 heteroatoms. The second kappa shape index (κ2) is 8.38. The molecular weight excluding hydrogens is 408 g/mol. The molecule has 1 amide bonds. The third-order valence-corrected chi connectivity index (χ3v) is 6.93. The first kappa shape index (κ1) is 20.1. The van der Waals surface area contributed by atoms with Crippen LogP contribution in [0.1, 0.15) is 37.3 Å². The summed E-state index contributed by atoms with van der Waals surface area (Å²) in [5.74, 6) is 0.122. The van der Waals surface area contributed by atoms with Gasteiger partial charge >= 0.3 is 0 Å². The molecule has 1 aliphatic heterocycles. The van der Waals surface area contributed by atoms with Crippen molar-refractivity contribution in [3.8, 4) is 0 Å². The van der Waals surface area contributed by atoms with Gasteiger partial charge in [0, 0.05) is 30.5 Å². The number of nitrogens with zero attached hydrogens (tertiary/aromatic N) is 3. The Kier molecular flexibility index (Phi) is 5.44. The van der Waals surface area contributed by atoms with E-state index in [9.17, 15) is 9.59 Å². The van der Waals surface area contributed by atoms with Gasteiger partial charge in [-0.2, -0.15) is 0 Å². The Morgan fingerprint density at radius 2 is 1.94 bits per heavy atom. The molecule has 0 bridgehead atoms. The third-order valence-electron chi connectivity index (χ3n) is 5.98. The molecule has 160 valence electrons. The molecule has 1 saturated carbocycles. The van der Waals surface area contributed by atoms with Crippen molar-refractivity contribution >= 4 is 39.9 Å². The number of nitrogens with one attached hydrogen (secondary N) is 1. The third kappa shape index (κ3) is 4.19. The lowest BCUT2D eigenvalue weighted by atomic mass is 10.1. The first-order valence-electron chi connectivity index (χ1n) is 10.9. The highest BCUT2D eigenvalue weighted by molar-refractivity contribution is 7.99. The van der Waals surface area contributed by atoms with Crippen LogP contribution in [0.5, 0.6) is 0 Å². The van der Waals surface area contributed by atoms with E-state index in [0.29, 0.717) is 16.1 Å². The maximum Gasteiger partial charge on any atom is 0.262 e. The smallest absolute Gasteiger partial charge is 0.262 e. The molecule has 0 spiro atoms. The van der Waals surface area contributed by atoms with Gasteiger partial charge in [-0.3, -0.25) is 14.2 Å². The van der Waals surface area contributed by atoms with Crippen molar-refractivity contribution in [3.63, 3.8) is 0 Å². The van der Waals surface area contributed by atoms with Crippen molar-refractivity contribution in [1.82, 2.24) is 9.55 Å². The number of rotatable bonds is 6. The van der Waals surface area contributed by atoms with E-state index in [1.807, 2.05) is 37.3 Å². The number of carbonyl (C=O) groups excluding carboxylic acids is 1. The fourth-order valence-electron chi connectivity index (χ4n) is 4.16. The fraction of sp³-hybridized carbons (Fsp3) is 0.375. The van der Waals surface area contributed by atoms with Gasteiger partial charge < -0.3 is 10.2 Å². The maximum atomic E-state index is 13.0. The molecule has 1 saturated heterocycles. The van der Waals surface area contributed by atoms with Gasteiger partial charge in [-0.05, 0) is 68.5 Å². The Morgan fingerprint density at radius 3 is 2.68 bits per heavy atom. The van der Waals surface area contributed by atoms with Gasteiger partial charge in [0.15, 0.2) is 5.16 Å². The van der Waals surface area contributed by atoms with Crippen molar-refractivity contribution in [2.24, 2.45) is 0 Å². The number of hydrogen-bond acceptors (Lipinski definition) is 5. The second-order valence-electron chi connectivity index (χ2n) is 8.35. The molecule has 1 aliphatic carbocycles. The van der Waals surface area contributed by atoms with Gasteiger partial charge in [-0.15, -0.1) is 0 Å². The van der Waals surface area contributed by atoms with Gasteiger partial charge in [0.1, 0.15) is 0 Å². The monoisotopic (exact) mass is 434 g/mol. The Bertz CT molecular complexity index is 1200. The SMILES string of the molecule is Cc1cc(N2CCCC2)ccc1NC(=O)CSc1nc2ccccc2c(=O)n1C1CC1. The minimum atomic E-state index is -0.0909. The topological polar surface area (TPSA) is 67.2 Å². The normalized spacial score (nSPS) is 16.1. The van der Waals surface area contributed by atoms with Gasteiger partial charge in [0.2, 0.25) is 5.91 Å². The Labute approximate surface area is 185 Å². The molecular formula is C24H26N4O2S. The number of amides is 1. The van der Waals surface area contributed by atoms with E-state index >= 15 is 0 Å². The highest BCUT2D eigenvalue weighted by Gasteiger charge is 2.28. The number of fused-ring (bicyclic) bond motifs is 1. The fourth-order valence-corrected chi connectivity index (χ4v) is 5.02. The van der Waals surface area contributed by atoms with Crippen LogP contribution in [-0.2, 0) is 4.79 Å². The standard InChI is InChI=1S/C24H26N4O2S/c1-16-14-18(27-12-4-5-13-27)10-11-20(16)25-22(29)15-31-24-26-21-7-3-2-6-19(21)23(30)28(24)17-8-9-17/h2-3,6-7,10-11,14,17H,4-5,8-9,12-13,15H2,1H3,(H,25,29). The summed E-state index contributed by atoms with van der Waals surface area (Å²) in [4.78, 5) is 32.7. The number of hydrogen-bond donors (Lipinski definition) is 1. The molecule has 1 aromatic heterocycles. The summed E-state index contributed by atoms with van der Waals surface area (Å²) in [5.41, 5.74) is 3.78. The zero-order valence-corrected chi connectivity index (χ0v) is 18.5. The maximum absolute atomic E-state index is 13.0. The van der Waals surface area contributed by atoms with Crippen LogP contribution in [0.2, 0.25) is 0 Å². The molecule has 31 heavy (non-hydrogen) atoms. The van der Waals surface area contributed by atoms with E-state index in [1.165, 1.54) is 30.3 Å². The van der Waals surface area contributed by atoms with Crippen LogP contribution in [0.25, 0.3) is 10.9 Å². The molecule has 0 unspecified atom stereocenters. The summed E-state index contributed by atoms with van der Waals surface area (Å²) in [6.45, 7) is 4.23. The number of thioether (sulfide) groups is 1. The van der Waals surface area contributed by atoms with Crippen LogP contribution in [0.15, 0.2) is 52.4 Å². The lowest BCUT2D eigenvalue weighted by Crippen LogP contribution is -2.23. The van der Waals surface area contributed by atoms with Crippen LogP contribution in [0, 0.1) is 6.92 Å². The number of anilines is 2. The van der Waals surface area contributed by atoms with Crippen LogP contribution in [0.4, 0.5) is 11.4 Å². The van der Waals surface area contributed by atoms with Gasteiger partial charge in [0.25, 0.3) is 5.56 Å². The molecule has 2 fully saturated rings. The summed E-state index contributed by atoms with van der Waals surface area (Å²) in [7, 11) is 0. The molecule has 3 aromatic rings. The highest BCUT2D eigenvalue weighted by atomic mass is 32.2. The van der Waals surface area contributed by atoms with Gasteiger partial charge in [0.05, 0.1) is 16.7 Å². The molecule has 2 aliphatic rings. The summed E-state index contributed by atoms with van der Waals surface area (Å²) >= 11 is 1.33. The number of carbonyl (C=O) groups is 1. The van der Waals surface area contributed by atoms with Crippen LogP contribution < -0.4 is 15.8 Å². The van der Waals surface area contributed by atoms with E-state index in [1.54, 1.807) is 4.57 Å². The van der Waals surface area contributed by atoms with Crippen LogP contribution >= 0.6 is 11.8 Å². The van der Waals surface area contributed by atoms with Crippen molar-refractivity contribution < 1.29 is 4.79 Å². The Hall–Kier alpha value is -2.80. The second-order valence-corrected chi connectivity index (χ2v) is 9.29. The molecule has 6 nitrogen and oxygen atoms in total. The lowest BCUT2D eigenvalue weighted by Gasteiger charge is -2.19. The lowest BCUT2D eigenvalue weighted by molar-refractivity contribution is -0.113. The van der Waals surface area contributed by atoms with Gasteiger partial charge in [-0.1, -0.05) is 23.9 Å². The Morgan fingerprint density at radius 1 is 1.16 bits per heavy atom. The van der Waals surface area contributed by atoms with Crippen molar-refractivity contribution in [3.05, 3.63) is 58.4 Å². The summed E-state index contributed by atoms with van der Waals surface area (Å²) in [6.07, 6.45) is 4.46. The first-order chi connectivity index (χ1) is 15.1. The number of para-hydroxylation sites is 1. The average Bonchev–Trinajstić information content (AvgIpc) is 3.45. The zero-order chi connectivity index (χ0) is 21.4. The highest BCUT2D eigenvalue weighted by Crippen LogP contribution is 2.37. The van der Waals surface area contributed by atoms with E-state index in [2.05, 4.69) is 27.3 Å². The van der Waals surface area contributed by atoms with Crippen molar-refractivity contribution in [2.45, 2.75) is 43.8 Å². The van der Waals surface area contributed by atoms with Crippen molar-refractivity contribution in [1.29, 1.82) is 0 Å². The molecule has 2 heterocycles. The molecule has 0 radical (unpaired) electrons. The first-order valence-corrected chi connectivity index (χ1v) is 11.9. The molecule has 5 rings (SSSR count). The molecule has 2 aromatic carbocycles. The average molecular weight is 435 g/mol. The van der Waals surface area contributed by atoms with E-state index in [0.717, 1.165) is 37.2 Å². The summed E-state index contributed by atoms with van der Waals surface area (Å²) < 4.78 is 1.77.